The van der Waals surface area contributed by atoms with Crippen molar-refractivity contribution >= 4 is 17.2 Å². The Morgan fingerprint density at radius 1 is 1.00 bits per heavy atom. The van der Waals surface area contributed by atoms with Crippen LogP contribution in [-0.2, 0) is 4.79 Å². The van der Waals surface area contributed by atoms with Crippen LogP contribution < -0.4 is 5.32 Å². The molecule has 1 amide bonds. The molecule has 0 aliphatic carbocycles. The Morgan fingerprint density at radius 2 is 1.54 bits per heavy atom. The monoisotopic (exact) mass is 336 g/mol. The van der Waals surface area contributed by atoms with Crippen LogP contribution in [0.15, 0.2) is 66.0 Å². The summed E-state index contributed by atoms with van der Waals surface area (Å²) in [6.07, 6.45) is 0. The van der Waals surface area contributed by atoms with Crippen LogP contribution in [0.3, 0.4) is 0 Å². The van der Waals surface area contributed by atoms with Crippen LogP contribution in [0.4, 0.5) is 0 Å². The zero-order chi connectivity index (χ0) is 16.9. The molecule has 0 aliphatic rings. The maximum absolute atomic E-state index is 13.0. The fourth-order valence-corrected chi connectivity index (χ4v) is 3.44. The lowest BCUT2D eigenvalue weighted by molar-refractivity contribution is -0.122. The highest BCUT2D eigenvalue weighted by Crippen LogP contribution is 2.26. The van der Waals surface area contributed by atoms with E-state index in [0.29, 0.717) is 0 Å². The number of hydrogen-bond acceptors (Lipinski definition) is 3. The van der Waals surface area contributed by atoms with Crippen LogP contribution in [0.2, 0.25) is 0 Å². The first-order valence-corrected chi connectivity index (χ1v) is 8.85. The fraction of sp³-hybridized carbons (Fsp3) is 0.200. The van der Waals surface area contributed by atoms with Crippen LogP contribution in [0.25, 0.3) is 0 Å². The lowest BCUT2D eigenvalue weighted by atomic mass is 9.90. The Hall–Kier alpha value is -2.46. The molecule has 0 spiro atoms. The second-order valence-corrected chi connectivity index (χ2v) is 6.84. The molecule has 122 valence electrons. The molecule has 24 heavy (non-hydrogen) atoms. The van der Waals surface area contributed by atoms with Crippen molar-refractivity contribution in [3.05, 3.63) is 87.9 Å². The minimum Gasteiger partial charge on any atom is -0.347 e. The Morgan fingerprint density at radius 3 is 2.00 bits per heavy atom. The molecule has 1 atom stereocenters. The Labute approximate surface area is 146 Å². The van der Waals surface area contributed by atoms with Gasteiger partial charge in [0.2, 0.25) is 5.91 Å². The van der Waals surface area contributed by atoms with E-state index < -0.39 is 0 Å². The van der Waals surface area contributed by atoms with E-state index >= 15 is 0 Å². The summed E-state index contributed by atoms with van der Waals surface area (Å²) in [4.78, 5) is 17.5. The van der Waals surface area contributed by atoms with Crippen molar-refractivity contribution in [1.82, 2.24) is 10.3 Å². The van der Waals surface area contributed by atoms with Gasteiger partial charge in [-0.25, -0.2) is 4.98 Å². The highest BCUT2D eigenvalue weighted by atomic mass is 32.1. The van der Waals surface area contributed by atoms with Crippen molar-refractivity contribution in [2.24, 2.45) is 0 Å². The van der Waals surface area contributed by atoms with E-state index in [-0.39, 0.29) is 17.9 Å². The summed E-state index contributed by atoms with van der Waals surface area (Å²) < 4.78 is 0. The molecule has 1 heterocycles. The van der Waals surface area contributed by atoms with Crippen molar-refractivity contribution in [2.45, 2.75) is 25.8 Å². The summed E-state index contributed by atoms with van der Waals surface area (Å²) in [6.45, 7) is 3.94. The zero-order valence-electron chi connectivity index (χ0n) is 13.8. The summed E-state index contributed by atoms with van der Waals surface area (Å²) >= 11 is 1.60. The van der Waals surface area contributed by atoms with E-state index in [2.05, 4.69) is 10.3 Å². The van der Waals surface area contributed by atoms with E-state index in [1.807, 2.05) is 79.9 Å². The topological polar surface area (TPSA) is 42.0 Å². The minimum absolute atomic E-state index is 0.00875. The maximum Gasteiger partial charge on any atom is 0.232 e. The molecule has 3 aromatic rings. The number of nitrogens with zero attached hydrogens (tertiary/aromatic N) is 1. The number of aromatic nitrogens is 1. The van der Waals surface area contributed by atoms with Gasteiger partial charge in [-0.1, -0.05) is 60.7 Å². The lowest BCUT2D eigenvalue weighted by Gasteiger charge is -2.20. The number of aryl methyl sites for hydroxylation is 1. The average Bonchev–Trinajstić information content (AvgIpc) is 3.04. The van der Waals surface area contributed by atoms with Crippen LogP contribution in [-0.4, -0.2) is 10.9 Å². The van der Waals surface area contributed by atoms with Crippen molar-refractivity contribution in [1.29, 1.82) is 0 Å². The number of amides is 1. The first-order valence-electron chi connectivity index (χ1n) is 7.97. The number of carbonyl (C=O) groups is 1. The lowest BCUT2D eigenvalue weighted by Crippen LogP contribution is -2.32. The highest BCUT2D eigenvalue weighted by Gasteiger charge is 2.24. The minimum atomic E-state index is -0.324. The molecular formula is C20H20N2OS. The molecule has 0 aliphatic heterocycles. The Bertz CT molecular complexity index is 759. The number of thiazole rings is 1. The predicted octanol–water partition coefficient (Wildman–Crippen LogP) is 4.46. The SMILES string of the molecule is Cc1nc(C(C)NC(=O)C(c2ccccc2)c2ccccc2)cs1. The van der Waals surface area contributed by atoms with Crippen LogP contribution in [0, 0.1) is 6.92 Å². The molecule has 1 aromatic heterocycles. The van der Waals surface area contributed by atoms with Crippen molar-refractivity contribution in [3.8, 4) is 0 Å². The van der Waals surface area contributed by atoms with Crippen LogP contribution in [0.1, 0.15) is 40.7 Å². The first-order chi connectivity index (χ1) is 11.6. The highest BCUT2D eigenvalue weighted by molar-refractivity contribution is 7.09. The van der Waals surface area contributed by atoms with Gasteiger partial charge in [-0.05, 0) is 25.0 Å². The summed E-state index contributed by atoms with van der Waals surface area (Å²) in [5.74, 6) is -0.333. The zero-order valence-corrected chi connectivity index (χ0v) is 14.6. The largest absolute Gasteiger partial charge is 0.347 e. The van der Waals surface area contributed by atoms with E-state index in [1.54, 1.807) is 11.3 Å². The summed E-state index contributed by atoms with van der Waals surface area (Å²) in [7, 11) is 0. The van der Waals surface area contributed by atoms with Crippen molar-refractivity contribution in [3.63, 3.8) is 0 Å². The second-order valence-electron chi connectivity index (χ2n) is 5.78. The smallest absolute Gasteiger partial charge is 0.232 e. The third kappa shape index (κ3) is 3.71. The number of benzene rings is 2. The Kier molecular flexibility index (Phi) is 5.06. The molecule has 1 unspecified atom stereocenters. The number of nitrogens with one attached hydrogen (secondary N) is 1. The third-order valence-electron chi connectivity index (χ3n) is 3.97. The normalized spacial score (nSPS) is 12.1. The molecule has 0 saturated carbocycles. The maximum atomic E-state index is 13.0. The van der Waals surface area contributed by atoms with Gasteiger partial charge in [0.1, 0.15) is 0 Å². The van der Waals surface area contributed by atoms with E-state index in [0.717, 1.165) is 21.8 Å². The van der Waals surface area contributed by atoms with Crippen LogP contribution in [0.5, 0.6) is 0 Å². The van der Waals surface area contributed by atoms with Crippen molar-refractivity contribution in [2.75, 3.05) is 0 Å². The molecule has 0 fully saturated rings. The third-order valence-corrected chi connectivity index (χ3v) is 4.76. The molecule has 0 saturated heterocycles. The molecule has 3 nitrogen and oxygen atoms in total. The number of hydrogen-bond donors (Lipinski definition) is 1. The summed E-state index contributed by atoms with van der Waals surface area (Å²) in [6, 6.07) is 19.6. The second kappa shape index (κ2) is 7.41. The number of rotatable bonds is 5. The molecule has 0 bridgehead atoms. The van der Waals surface area contributed by atoms with E-state index in [9.17, 15) is 4.79 Å². The van der Waals surface area contributed by atoms with Gasteiger partial charge in [-0.2, -0.15) is 0 Å². The number of carbonyl (C=O) groups excluding carboxylic acids is 1. The molecule has 3 rings (SSSR count). The molecular weight excluding hydrogens is 316 g/mol. The van der Waals surface area contributed by atoms with Gasteiger partial charge >= 0.3 is 0 Å². The standard InChI is InChI=1S/C20H20N2OS/c1-14(18-13-24-15(2)22-18)21-20(23)19(16-9-5-3-6-10-16)17-11-7-4-8-12-17/h3-14,19H,1-2H3,(H,21,23). The molecule has 0 radical (unpaired) electrons. The van der Waals surface area contributed by atoms with Gasteiger partial charge in [-0.3, -0.25) is 4.79 Å². The van der Waals surface area contributed by atoms with Gasteiger partial charge in [0, 0.05) is 5.38 Å². The molecule has 1 N–H and O–H groups in total. The van der Waals surface area contributed by atoms with Gasteiger partial charge in [-0.15, -0.1) is 11.3 Å². The molecule has 2 aromatic carbocycles. The first kappa shape index (κ1) is 16.4. The average molecular weight is 336 g/mol. The predicted molar refractivity (Wildman–Crippen MR) is 98.1 cm³/mol. The molecule has 4 heteroatoms. The summed E-state index contributed by atoms with van der Waals surface area (Å²) in [5.41, 5.74) is 2.89. The quantitative estimate of drug-likeness (QED) is 0.747. The van der Waals surface area contributed by atoms with Crippen LogP contribution >= 0.6 is 11.3 Å². The van der Waals surface area contributed by atoms with Gasteiger partial charge < -0.3 is 5.32 Å². The Balaban J connectivity index is 1.87. The van der Waals surface area contributed by atoms with Gasteiger partial charge in [0.25, 0.3) is 0 Å². The van der Waals surface area contributed by atoms with E-state index in [4.69, 9.17) is 0 Å². The van der Waals surface area contributed by atoms with Gasteiger partial charge in [0.15, 0.2) is 0 Å². The van der Waals surface area contributed by atoms with E-state index in [1.165, 1.54) is 0 Å². The summed E-state index contributed by atoms with van der Waals surface area (Å²) in [5, 5.41) is 6.12. The fourth-order valence-electron chi connectivity index (χ4n) is 2.74. The van der Waals surface area contributed by atoms with Gasteiger partial charge in [0.05, 0.1) is 22.7 Å². The van der Waals surface area contributed by atoms with Crippen molar-refractivity contribution < 1.29 is 4.79 Å².